The Morgan fingerprint density at radius 1 is 1.56 bits per heavy atom. The highest BCUT2D eigenvalue weighted by Gasteiger charge is 2.21. The van der Waals surface area contributed by atoms with Crippen LogP contribution in [0.3, 0.4) is 0 Å². The molecule has 0 spiro atoms. The van der Waals surface area contributed by atoms with Crippen LogP contribution in [0.4, 0.5) is 11.6 Å². The second-order valence-electron chi connectivity index (χ2n) is 2.82. The molecular formula is C8H5ClN4O2S. The average Bonchev–Trinajstić information content (AvgIpc) is 2.63. The SMILES string of the molecule is Nc1ncc([N+](=O)[O-])c(-c2sccc2Cl)n1. The summed E-state index contributed by atoms with van der Waals surface area (Å²) in [7, 11) is 0. The first kappa shape index (κ1) is 10.8. The smallest absolute Gasteiger partial charge is 0.314 e. The average molecular weight is 257 g/mol. The molecule has 16 heavy (non-hydrogen) atoms. The van der Waals surface area contributed by atoms with Crippen molar-refractivity contribution in [1.29, 1.82) is 0 Å². The molecular weight excluding hydrogens is 252 g/mol. The Bertz CT molecular complexity index is 557. The van der Waals surface area contributed by atoms with Gasteiger partial charge in [0.1, 0.15) is 6.20 Å². The van der Waals surface area contributed by atoms with Gasteiger partial charge < -0.3 is 5.73 Å². The van der Waals surface area contributed by atoms with Gasteiger partial charge in [-0.1, -0.05) is 11.6 Å². The van der Waals surface area contributed by atoms with Crippen molar-refractivity contribution in [3.05, 3.63) is 32.8 Å². The van der Waals surface area contributed by atoms with Gasteiger partial charge in [-0.25, -0.2) is 9.97 Å². The molecule has 0 aromatic carbocycles. The van der Waals surface area contributed by atoms with E-state index in [0.29, 0.717) is 9.90 Å². The Kier molecular flexibility index (Phi) is 2.71. The number of hydrogen-bond donors (Lipinski definition) is 1. The zero-order valence-electron chi connectivity index (χ0n) is 7.75. The lowest BCUT2D eigenvalue weighted by molar-refractivity contribution is -0.384. The highest BCUT2D eigenvalue weighted by molar-refractivity contribution is 7.14. The largest absolute Gasteiger partial charge is 0.368 e. The summed E-state index contributed by atoms with van der Waals surface area (Å²) in [6.07, 6.45) is 1.08. The fourth-order valence-corrected chi connectivity index (χ4v) is 2.30. The molecule has 2 rings (SSSR count). The lowest BCUT2D eigenvalue weighted by atomic mass is 10.3. The number of nitrogens with two attached hydrogens (primary N) is 1. The second-order valence-corrected chi connectivity index (χ2v) is 4.14. The number of nitrogens with zero attached hydrogens (tertiary/aromatic N) is 3. The molecule has 0 amide bonds. The third kappa shape index (κ3) is 1.82. The molecule has 2 aromatic heterocycles. The van der Waals surface area contributed by atoms with Gasteiger partial charge in [0.25, 0.3) is 0 Å². The van der Waals surface area contributed by atoms with E-state index >= 15 is 0 Å². The molecule has 0 aliphatic rings. The number of halogens is 1. The quantitative estimate of drug-likeness (QED) is 0.657. The summed E-state index contributed by atoms with van der Waals surface area (Å²) in [4.78, 5) is 18.2. The van der Waals surface area contributed by atoms with E-state index in [-0.39, 0.29) is 17.3 Å². The van der Waals surface area contributed by atoms with Crippen LogP contribution in [-0.4, -0.2) is 14.9 Å². The van der Waals surface area contributed by atoms with Gasteiger partial charge in [-0.05, 0) is 11.4 Å². The van der Waals surface area contributed by atoms with Gasteiger partial charge in [0.2, 0.25) is 5.95 Å². The zero-order valence-corrected chi connectivity index (χ0v) is 9.33. The van der Waals surface area contributed by atoms with E-state index in [1.165, 1.54) is 11.3 Å². The number of aromatic nitrogens is 2. The third-order valence-electron chi connectivity index (χ3n) is 1.82. The number of rotatable bonds is 2. The molecule has 8 heteroatoms. The number of nitrogen functional groups attached to an aromatic ring is 1. The van der Waals surface area contributed by atoms with E-state index in [1.807, 2.05) is 0 Å². The van der Waals surface area contributed by atoms with Crippen molar-refractivity contribution in [3.8, 4) is 10.6 Å². The second kappa shape index (κ2) is 4.03. The molecule has 0 bridgehead atoms. The predicted molar refractivity (Wildman–Crippen MR) is 61.4 cm³/mol. The molecule has 0 atom stereocenters. The van der Waals surface area contributed by atoms with E-state index in [0.717, 1.165) is 6.20 Å². The molecule has 2 N–H and O–H groups in total. The first-order chi connectivity index (χ1) is 7.59. The molecule has 0 saturated heterocycles. The van der Waals surface area contributed by atoms with Crippen LogP contribution in [0.5, 0.6) is 0 Å². The van der Waals surface area contributed by atoms with Gasteiger partial charge in [0.15, 0.2) is 5.69 Å². The minimum absolute atomic E-state index is 0.0231. The van der Waals surface area contributed by atoms with E-state index in [4.69, 9.17) is 17.3 Å². The summed E-state index contributed by atoms with van der Waals surface area (Å²) in [5, 5.41) is 12.9. The first-order valence-corrected chi connectivity index (χ1v) is 5.35. The minimum Gasteiger partial charge on any atom is -0.368 e. The number of nitro groups is 1. The Morgan fingerprint density at radius 2 is 2.31 bits per heavy atom. The van der Waals surface area contributed by atoms with E-state index < -0.39 is 4.92 Å². The summed E-state index contributed by atoms with van der Waals surface area (Å²) in [6, 6.07) is 1.64. The van der Waals surface area contributed by atoms with Crippen molar-refractivity contribution in [2.75, 3.05) is 5.73 Å². The van der Waals surface area contributed by atoms with Crippen LogP contribution in [0.2, 0.25) is 5.02 Å². The normalized spacial score (nSPS) is 10.3. The monoisotopic (exact) mass is 256 g/mol. The maximum Gasteiger partial charge on any atom is 0.314 e. The molecule has 82 valence electrons. The first-order valence-electron chi connectivity index (χ1n) is 4.10. The van der Waals surface area contributed by atoms with Crippen molar-refractivity contribution in [3.63, 3.8) is 0 Å². The molecule has 2 heterocycles. The van der Waals surface area contributed by atoms with Crippen LogP contribution >= 0.6 is 22.9 Å². The summed E-state index contributed by atoms with van der Waals surface area (Å²) < 4.78 is 0. The third-order valence-corrected chi connectivity index (χ3v) is 3.17. The maximum atomic E-state index is 10.8. The molecule has 0 aliphatic carbocycles. The van der Waals surface area contributed by atoms with Crippen LogP contribution in [-0.2, 0) is 0 Å². The molecule has 0 saturated carbocycles. The van der Waals surface area contributed by atoms with Gasteiger partial charge in [0, 0.05) is 0 Å². The number of anilines is 1. The van der Waals surface area contributed by atoms with E-state index in [1.54, 1.807) is 11.4 Å². The van der Waals surface area contributed by atoms with Crippen molar-refractivity contribution in [1.82, 2.24) is 9.97 Å². The van der Waals surface area contributed by atoms with Crippen LogP contribution in [0.1, 0.15) is 0 Å². The molecule has 2 aromatic rings. The van der Waals surface area contributed by atoms with Crippen molar-refractivity contribution < 1.29 is 4.92 Å². The highest BCUT2D eigenvalue weighted by Crippen LogP contribution is 2.36. The van der Waals surface area contributed by atoms with Crippen molar-refractivity contribution in [2.24, 2.45) is 0 Å². The van der Waals surface area contributed by atoms with E-state index in [9.17, 15) is 10.1 Å². The van der Waals surface area contributed by atoms with Gasteiger partial charge in [-0.3, -0.25) is 10.1 Å². The minimum atomic E-state index is -0.565. The topological polar surface area (TPSA) is 94.9 Å². The van der Waals surface area contributed by atoms with Crippen LogP contribution < -0.4 is 5.73 Å². The summed E-state index contributed by atoms with van der Waals surface area (Å²) in [5.74, 6) is -0.0231. The van der Waals surface area contributed by atoms with E-state index in [2.05, 4.69) is 9.97 Å². The predicted octanol–water partition coefficient (Wildman–Crippen LogP) is 2.35. The maximum absolute atomic E-state index is 10.8. The van der Waals surface area contributed by atoms with Gasteiger partial charge >= 0.3 is 5.69 Å². The van der Waals surface area contributed by atoms with Crippen LogP contribution in [0.15, 0.2) is 17.6 Å². The Morgan fingerprint density at radius 3 is 2.88 bits per heavy atom. The van der Waals surface area contributed by atoms with Gasteiger partial charge in [-0.2, -0.15) is 0 Å². The Balaban J connectivity index is 2.67. The van der Waals surface area contributed by atoms with Gasteiger partial charge in [0.05, 0.1) is 14.8 Å². The highest BCUT2D eigenvalue weighted by atomic mass is 35.5. The molecule has 0 unspecified atom stereocenters. The van der Waals surface area contributed by atoms with Crippen LogP contribution in [0.25, 0.3) is 10.6 Å². The summed E-state index contributed by atoms with van der Waals surface area (Å²) in [5.41, 5.74) is 5.34. The molecule has 0 radical (unpaired) electrons. The summed E-state index contributed by atoms with van der Waals surface area (Å²) in [6.45, 7) is 0. The number of hydrogen-bond acceptors (Lipinski definition) is 6. The summed E-state index contributed by atoms with van der Waals surface area (Å²) >= 11 is 7.15. The lowest BCUT2D eigenvalue weighted by Gasteiger charge is -2.00. The van der Waals surface area contributed by atoms with Crippen molar-refractivity contribution in [2.45, 2.75) is 0 Å². The van der Waals surface area contributed by atoms with Gasteiger partial charge in [-0.15, -0.1) is 11.3 Å². The molecule has 0 fully saturated rings. The van der Waals surface area contributed by atoms with Crippen LogP contribution in [0, 0.1) is 10.1 Å². The standard InChI is InChI=1S/C8H5ClN4O2S/c9-4-1-2-16-7(4)6-5(13(14)15)3-11-8(10)12-6/h1-3H,(H2,10,11,12). The number of thiophene rings is 1. The fourth-order valence-electron chi connectivity index (χ4n) is 1.15. The lowest BCUT2D eigenvalue weighted by Crippen LogP contribution is -2.00. The zero-order chi connectivity index (χ0) is 11.7. The van der Waals surface area contributed by atoms with Crippen molar-refractivity contribution >= 4 is 34.6 Å². The molecule has 6 nitrogen and oxygen atoms in total. The molecule has 0 aliphatic heterocycles. The Labute approximate surface area is 98.9 Å². The fraction of sp³-hybridized carbons (Fsp3) is 0. The Hall–Kier alpha value is -1.73.